The number of aryl methyl sites for hydroxylation is 1. The first-order chi connectivity index (χ1) is 16.1. The number of H-pyrrole nitrogens is 1. The van der Waals surface area contributed by atoms with Crippen molar-refractivity contribution in [1.29, 1.82) is 5.41 Å². The number of aromatic nitrogens is 3. The highest BCUT2D eigenvalue weighted by molar-refractivity contribution is 14.1. The monoisotopic (exact) mass is 560 g/mol. The van der Waals surface area contributed by atoms with Crippen molar-refractivity contribution >= 4 is 34.5 Å². The fourth-order valence-electron chi connectivity index (χ4n) is 4.44. The molecule has 3 N–H and O–H groups in total. The quantitative estimate of drug-likeness (QED) is 0.212. The predicted octanol–water partition coefficient (Wildman–Crippen LogP) is 5.20. The van der Waals surface area contributed by atoms with Crippen LogP contribution in [-0.4, -0.2) is 31.5 Å². The first-order valence-corrected chi connectivity index (χ1v) is 12.5. The van der Waals surface area contributed by atoms with Crippen molar-refractivity contribution in [2.45, 2.75) is 48.9 Å². The molecule has 2 fully saturated rings. The summed E-state index contributed by atoms with van der Waals surface area (Å²) in [7, 11) is 0. The summed E-state index contributed by atoms with van der Waals surface area (Å²) in [5, 5.41) is 18.7. The Bertz CT molecular complexity index is 1110. The van der Waals surface area contributed by atoms with Gasteiger partial charge in [-0.3, -0.25) is 15.1 Å². The molecule has 2 aliphatic carbocycles. The van der Waals surface area contributed by atoms with Gasteiger partial charge in [-0.05, 0) is 67.6 Å². The van der Waals surface area contributed by atoms with E-state index in [1.54, 1.807) is 34.9 Å². The molecule has 2 unspecified atom stereocenters. The molecule has 0 spiro atoms. The zero-order valence-electron chi connectivity index (χ0n) is 18.1. The number of hydrogen-bond donors (Lipinski definition) is 3. The second-order valence-corrected chi connectivity index (χ2v) is 9.79. The van der Waals surface area contributed by atoms with Gasteiger partial charge in [-0.15, -0.1) is 5.10 Å². The van der Waals surface area contributed by atoms with Crippen LogP contribution in [0.3, 0.4) is 0 Å². The largest absolute Gasteiger partial charge is 0.433 e. The summed E-state index contributed by atoms with van der Waals surface area (Å²) in [4.78, 5) is 9.01. The van der Waals surface area contributed by atoms with E-state index in [-0.39, 0.29) is 11.9 Å². The van der Waals surface area contributed by atoms with E-state index < -0.39 is 4.36 Å². The van der Waals surface area contributed by atoms with Gasteiger partial charge in [0.1, 0.15) is 5.71 Å². The molecule has 33 heavy (non-hydrogen) atoms. The number of nitrogens with one attached hydrogen (secondary N) is 3. The second-order valence-electron chi connectivity index (χ2n) is 8.81. The molecular weight excluding hydrogens is 534 g/mol. The van der Waals surface area contributed by atoms with Crippen LogP contribution >= 0.6 is 22.6 Å². The van der Waals surface area contributed by atoms with E-state index in [1.165, 1.54) is 35.8 Å². The van der Waals surface area contributed by atoms with E-state index in [4.69, 9.17) is 15.1 Å². The van der Waals surface area contributed by atoms with Crippen molar-refractivity contribution in [3.63, 3.8) is 0 Å². The van der Waals surface area contributed by atoms with Crippen LogP contribution in [0, 0.1) is 17.2 Å². The maximum atomic E-state index is 13.0. The lowest BCUT2D eigenvalue weighted by atomic mass is 10.0. The SMILES string of the molecule is N=CC1=N/C=C(/CCc2cc(OC(F)I)n[nH]2)CC2CC2=C1N[C@@H](c1cccnc1)C1CC1. The normalized spacial score (nSPS) is 23.3. The molecule has 5 rings (SSSR count). The molecule has 2 aromatic heterocycles. The van der Waals surface area contributed by atoms with Crippen molar-refractivity contribution in [2.24, 2.45) is 16.8 Å². The molecule has 3 aliphatic rings. The fraction of sp³-hybridized carbons (Fsp3) is 0.417. The summed E-state index contributed by atoms with van der Waals surface area (Å²) in [6, 6.07) is 6.05. The zero-order valence-corrected chi connectivity index (χ0v) is 20.3. The highest BCUT2D eigenvalue weighted by atomic mass is 127. The summed E-state index contributed by atoms with van der Waals surface area (Å²) in [6.07, 6.45) is 13.0. The van der Waals surface area contributed by atoms with Gasteiger partial charge in [0.25, 0.3) is 4.36 Å². The first-order valence-electron chi connectivity index (χ1n) is 11.3. The Morgan fingerprint density at radius 2 is 2.21 bits per heavy atom. The van der Waals surface area contributed by atoms with Gasteiger partial charge in [-0.25, -0.2) is 0 Å². The van der Waals surface area contributed by atoms with Crippen LogP contribution in [0.2, 0.25) is 0 Å². The number of rotatable bonds is 10. The van der Waals surface area contributed by atoms with E-state index in [1.807, 2.05) is 18.5 Å². The third-order valence-electron chi connectivity index (χ3n) is 6.38. The number of nitrogens with zero attached hydrogens (tertiary/aromatic N) is 3. The summed E-state index contributed by atoms with van der Waals surface area (Å²) in [5.74, 6) is 1.36. The molecule has 2 saturated carbocycles. The molecule has 0 radical (unpaired) electrons. The first kappa shape index (κ1) is 22.2. The summed E-state index contributed by atoms with van der Waals surface area (Å²) >= 11 is 1.55. The maximum absolute atomic E-state index is 13.0. The molecule has 3 atom stereocenters. The molecule has 7 nitrogen and oxygen atoms in total. The van der Waals surface area contributed by atoms with Gasteiger partial charge < -0.3 is 15.5 Å². The molecule has 0 amide bonds. The Hall–Kier alpha value is -2.56. The number of ether oxygens (including phenoxy) is 1. The Kier molecular flexibility index (Phi) is 6.57. The van der Waals surface area contributed by atoms with Gasteiger partial charge in [0, 0.05) is 59.2 Å². The van der Waals surface area contributed by atoms with Crippen molar-refractivity contribution in [3.05, 3.63) is 64.9 Å². The van der Waals surface area contributed by atoms with Crippen LogP contribution in [0.5, 0.6) is 5.88 Å². The van der Waals surface area contributed by atoms with Gasteiger partial charge in [-0.2, -0.15) is 4.39 Å². The predicted molar refractivity (Wildman–Crippen MR) is 133 cm³/mol. The van der Waals surface area contributed by atoms with E-state index in [9.17, 15) is 4.39 Å². The van der Waals surface area contributed by atoms with Crippen LogP contribution in [0.15, 0.2) is 58.6 Å². The van der Waals surface area contributed by atoms with E-state index >= 15 is 0 Å². The van der Waals surface area contributed by atoms with Gasteiger partial charge >= 0.3 is 0 Å². The van der Waals surface area contributed by atoms with Gasteiger partial charge in [-0.1, -0.05) is 11.6 Å². The molecule has 0 bridgehead atoms. The molecule has 3 heterocycles. The lowest BCUT2D eigenvalue weighted by Gasteiger charge is -2.22. The average Bonchev–Trinajstić information content (AvgIpc) is 3.73. The molecule has 172 valence electrons. The van der Waals surface area contributed by atoms with Crippen molar-refractivity contribution < 1.29 is 9.13 Å². The number of allylic oxidation sites excluding steroid dienone is 3. The minimum atomic E-state index is -1.42. The molecule has 0 saturated heterocycles. The third kappa shape index (κ3) is 5.51. The van der Waals surface area contributed by atoms with E-state index in [0.717, 1.165) is 37.1 Å². The van der Waals surface area contributed by atoms with Gasteiger partial charge in [0.15, 0.2) is 0 Å². The average molecular weight is 560 g/mol. The van der Waals surface area contributed by atoms with Crippen LogP contribution in [0.1, 0.15) is 49.4 Å². The lowest BCUT2D eigenvalue weighted by molar-refractivity contribution is 0.164. The standard InChI is InChI=1S/C24H26FIN6O/c25-24(26)33-21-10-18(31-32-21)6-3-14-8-17-9-19(17)23(20(11-27)29-12-14)30-22(15-4-5-15)16-2-1-7-28-13-16/h1-2,7,10-13,15,17,22,24,27,30H,3-6,8-9H2,(H,31,32)/b14-12-,23-19?,27-11?,29-20?/t17?,22-,24?/m1/s1. The molecule has 2 aromatic rings. The molecule has 9 heteroatoms. The number of alkyl halides is 2. The van der Waals surface area contributed by atoms with Crippen LogP contribution in [0.25, 0.3) is 0 Å². The number of aromatic amines is 1. The second kappa shape index (κ2) is 9.74. The number of aliphatic imine (C=N–C) groups is 1. The van der Waals surface area contributed by atoms with Gasteiger partial charge in [0.2, 0.25) is 5.88 Å². The smallest absolute Gasteiger partial charge is 0.290 e. The number of hydrogen-bond acceptors (Lipinski definition) is 6. The number of fused-ring (bicyclic) bond motifs is 1. The lowest BCUT2D eigenvalue weighted by Crippen LogP contribution is -2.28. The van der Waals surface area contributed by atoms with Crippen LogP contribution in [0.4, 0.5) is 4.39 Å². The fourth-order valence-corrected chi connectivity index (χ4v) is 4.70. The summed E-state index contributed by atoms with van der Waals surface area (Å²) in [6.45, 7) is 0. The van der Waals surface area contributed by atoms with E-state index in [0.29, 0.717) is 17.5 Å². The molecule has 0 aromatic carbocycles. The highest BCUT2D eigenvalue weighted by Crippen LogP contribution is 2.48. The Labute approximate surface area is 205 Å². The minimum absolute atomic E-state index is 0.207. The van der Waals surface area contributed by atoms with Gasteiger partial charge in [0.05, 0.1) is 11.7 Å². The van der Waals surface area contributed by atoms with Crippen molar-refractivity contribution in [1.82, 2.24) is 20.5 Å². The zero-order chi connectivity index (χ0) is 22.8. The Morgan fingerprint density at radius 1 is 1.33 bits per heavy atom. The number of pyridine rings is 1. The van der Waals surface area contributed by atoms with Crippen LogP contribution in [-0.2, 0) is 6.42 Å². The third-order valence-corrected chi connectivity index (χ3v) is 6.63. The van der Waals surface area contributed by atoms with Crippen molar-refractivity contribution in [2.75, 3.05) is 0 Å². The number of halogens is 2. The summed E-state index contributed by atoms with van der Waals surface area (Å²) in [5.41, 5.74) is 6.42. The highest BCUT2D eigenvalue weighted by Gasteiger charge is 2.39. The molecular formula is C24H26FIN6O. The summed E-state index contributed by atoms with van der Waals surface area (Å²) < 4.78 is 16.5. The topological polar surface area (TPSA) is 99.0 Å². The van der Waals surface area contributed by atoms with Crippen LogP contribution < -0.4 is 10.1 Å². The molecule has 1 aliphatic heterocycles. The minimum Gasteiger partial charge on any atom is -0.433 e. The van der Waals surface area contributed by atoms with Crippen molar-refractivity contribution in [3.8, 4) is 5.88 Å². The van der Waals surface area contributed by atoms with E-state index in [2.05, 4.69) is 26.6 Å². The maximum Gasteiger partial charge on any atom is 0.290 e. The Morgan fingerprint density at radius 3 is 2.94 bits per heavy atom. The Balaban J connectivity index is 1.30.